The zero-order chi connectivity index (χ0) is 16.5. The topological polar surface area (TPSA) is 21.6 Å². The number of nitrogens with zero attached hydrogens (tertiary/aromatic N) is 1. The van der Waals surface area contributed by atoms with Crippen molar-refractivity contribution in [3.05, 3.63) is 0 Å². The minimum atomic E-state index is -4.44. The molecule has 0 aromatic heterocycles. The molecule has 21 heavy (non-hydrogen) atoms. The van der Waals surface area contributed by atoms with Crippen molar-refractivity contribution in [1.82, 2.24) is 0 Å². The lowest BCUT2D eigenvalue weighted by molar-refractivity contribution is -0.265. The van der Waals surface area contributed by atoms with Crippen LogP contribution in [0.3, 0.4) is 0 Å². The number of fused-ring (bicyclic) bond motifs is 2. The molecule has 122 valence electrons. The molecule has 0 aromatic rings. The molecule has 2 nitrogen and oxygen atoms in total. The maximum Gasteiger partial charge on any atom is 0.422 e. The number of hydrogen-bond donors (Lipinski definition) is 0. The van der Waals surface area contributed by atoms with Crippen LogP contribution in [-0.4, -0.2) is 32.9 Å². The molecular weight excluding hydrogens is 295 g/mol. The lowest BCUT2D eigenvalue weighted by Crippen LogP contribution is -2.66. The smallest absolute Gasteiger partial charge is 0.399 e. The lowest BCUT2D eigenvalue weighted by Gasteiger charge is -2.51. The summed E-state index contributed by atoms with van der Waals surface area (Å²) in [5, 5.41) is 0. The predicted molar refractivity (Wildman–Crippen MR) is 81.2 cm³/mol. The number of rotatable bonds is 2. The van der Waals surface area contributed by atoms with Crippen LogP contribution < -0.4 is 0 Å². The second-order valence-corrected chi connectivity index (χ2v) is 12.6. The van der Waals surface area contributed by atoms with Crippen molar-refractivity contribution in [2.24, 2.45) is 21.7 Å². The molecule has 2 rings (SSSR count). The molecule has 3 atom stereocenters. The van der Waals surface area contributed by atoms with Crippen LogP contribution in [0.2, 0.25) is 19.6 Å². The summed E-state index contributed by atoms with van der Waals surface area (Å²) >= 11 is 0. The van der Waals surface area contributed by atoms with E-state index in [0.29, 0.717) is 6.42 Å². The SMILES string of the molecule is CN=C1[C@H]2CC[C@](C)(C2(C)C)[C@@]1(O[Si](C)(C)C)C(F)(F)F. The van der Waals surface area contributed by atoms with E-state index in [2.05, 4.69) is 4.99 Å². The average molecular weight is 321 g/mol. The van der Waals surface area contributed by atoms with Crippen molar-refractivity contribution in [3.8, 4) is 0 Å². The van der Waals surface area contributed by atoms with Crippen LogP contribution in [0.15, 0.2) is 4.99 Å². The largest absolute Gasteiger partial charge is 0.422 e. The molecule has 0 N–H and O–H groups in total. The fourth-order valence-electron chi connectivity index (χ4n) is 4.59. The van der Waals surface area contributed by atoms with E-state index in [1.165, 1.54) is 7.05 Å². The summed E-state index contributed by atoms with van der Waals surface area (Å²) in [5.74, 6) is -0.148. The molecule has 0 aromatic carbocycles. The summed E-state index contributed by atoms with van der Waals surface area (Å²) in [6.07, 6.45) is -3.14. The molecule has 2 saturated carbocycles. The molecule has 0 unspecified atom stereocenters. The highest BCUT2D eigenvalue weighted by atomic mass is 28.4. The van der Waals surface area contributed by atoms with Gasteiger partial charge >= 0.3 is 6.18 Å². The van der Waals surface area contributed by atoms with Crippen LogP contribution in [0.4, 0.5) is 13.2 Å². The Bertz CT molecular complexity index is 480. The van der Waals surface area contributed by atoms with E-state index in [-0.39, 0.29) is 11.6 Å². The molecule has 2 aliphatic carbocycles. The molecule has 2 fully saturated rings. The van der Waals surface area contributed by atoms with Crippen LogP contribution in [0, 0.1) is 16.7 Å². The van der Waals surface area contributed by atoms with Crippen molar-refractivity contribution < 1.29 is 17.6 Å². The van der Waals surface area contributed by atoms with Crippen LogP contribution in [0.5, 0.6) is 0 Å². The Labute approximate surface area is 126 Å². The van der Waals surface area contributed by atoms with Gasteiger partial charge in [0.2, 0.25) is 0 Å². The van der Waals surface area contributed by atoms with Gasteiger partial charge in [0, 0.05) is 18.4 Å². The molecule has 0 aliphatic heterocycles. The normalized spacial score (nSPS) is 41.0. The highest BCUT2D eigenvalue weighted by molar-refractivity contribution is 6.70. The van der Waals surface area contributed by atoms with E-state index >= 15 is 0 Å². The molecule has 0 heterocycles. The number of halogens is 3. The highest BCUT2D eigenvalue weighted by Crippen LogP contribution is 2.72. The van der Waals surface area contributed by atoms with E-state index in [1.807, 2.05) is 33.5 Å². The van der Waals surface area contributed by atoms with Crippen molar-refractivity contribution >= 4 is 14.0 Å². The van der Waals surface area contributed by atoms with Crippen molar-refractivity contribution in [1.29, 1.82) is 0 Å². The van der Waals surface area contributed by atoms with Gasteiger partial charge in [0.05, 0.1) is 5.71 Å². The van der Waals surface area contributed by atoms with Crippen molar-refractivity contribution in [3.63, 3.8) is 0 Å². The second-order valence-electron chi connectivity index (χ2n) is 8.15. The van der Waals surface area contributed by atoms with Gasteiger partial charge in [-0.05, 0) is 37.9 Å². The van der Waals surface area contributed by atoms with Gasteiger partial charge in [-0.25, -0.2) is 0 Å². The van der Waals surface area contributed by atoms with Gasteiger partial charge in [-0.3, -0.25) is 4.99 Å². The second kappa shape index (κ2) is 4.34. The molecule has 2 aliphatic rings. The first-order chi connectivity index (χ1) is 9.24. The molecular formula is C15H26F3NOSi. The van der Waals surface area contributed by atoms with E-state index in [4.69, 9.17) is 4.43 Å². The fraction of sp³-hybridized carbons (Fsp3) is 0.933. The Morgan fingerprint density at radius 2 is 1.71 bits per heavy atom. The van der Waals surface area contributed by atoms with Crippen LogP contribution >= 0.6 is 0 Å². The number of alkyl halides is 3. The maximum absolute atomic E-state index is 14.2. The molecule has 2 bridgehead atoms. The van der Waals surface area contributed by atoms with Gasteiger partial charge < -0.3 is 4.43 Å². The standard InChI is InChI=1S/C15H26F3NOSi/c1-12(2)10-8-9-13(12,3)14(11(10)19-4,15(16,17)18)20-21(5,6)7/h10H,8-9H2,1-7H3/t10-,13-,14-/m1/s1. The van der Waals surface area contributed by atoms with Gasteiger partial charge in [-0.2, -0.15) is 13.2 Å². The minimum absolute atomic E-state index is 0.148. The van der Waals surface area contributed by atoms with Crippen LogP contribution in [0.25, 0.3) is 0 Å². The molecule has 0 amide bonds. The Kier molecular flexibility index (Phi) is 3.51. The summed E-state index contributed by atoms with van der Waals surface area (Å²) < 4.78 is 48.6. The first-order valence-electron chi connectivity index (χ1n) is 7.49. The zero-order valence-electron chi connectivity index (χ0n) is 14.0. The summed E-state index contributed by atoms with van der Waals surface area (Å²) in [5.41, 5.74) is -3.42. The van der Waals surface area contributed by atoms with Gasteiger partial charge in [-0.1, -0.05) is 20.8 Å². The van der Waals surface area contributed by atoms with E-state index in [0.717, 1.165) is 6.42 Å². The average Bonchev–Trinajstić information content (AvgIpc) is 2.56. The van der Waals surface area contributed by atoms with Crippen LogP contribution in [-0.2, 0) is 4.43 Å². The van der Waals surface area contributed by atoms with E-state index in [1.54, 1.807) is 6.92 Å². The summed E-state index contributed by atoms with van der Waals surface area (Å²) in [7, 11) is -0.935. The lowest BCUT2D eigenvalue weighted by atomic mass is 9.64. The predicted octanol–water partition coefficient (Wildman–Crippen LogP) is 4.67. The summed E-state index contributed by atoms with van der Waals surface area (Å²) in [6, 6.07) is 0. The first kappa shape index (κ1) is 17.0. The van der Waals surface area contributed by atoms with Crippen molar-refractivity contribution in [2.75, 3.05) is 7.05 Å². The molecule has 6 heteroatoms. The quantitative estimate of drug-likeness (QED) is 0.678. The monoisotopic (exact) mass is 321 g/mol. The zero-order valence-corrected chi connectivity index (χ0v) is 15.0. The maximum atomic E-state index is 14.2. The van der Waals surface area contributed by atoms with Gasteiger partial charge in [0.25, 0.3) is 0 Å². The Hall–Kier alpha value is -0.363. The first-order valence-corrected chi connectivity index (χ1v) is 10.9. The van der Waals surface area contributed by atoms with Gasteiger partial charge in [0.1, 0.15) is 0 Å². The highest BCUT2D eigenvalue weighted by Gasteiger charge is 2.82. The minimum Gasteiger partial charge on any atom is -0.399 e. The summed E-state index contributed by atoms with van der Waals surface area (Å²) in [4.78, 5) is 4.11. The van der Waals surface area contributed by atoms with Crippen molar-refractivity contribution in [2.45, 2.75) is 65.0 Å². The third-order valence-electron chi connectivity index (χ3n) is 5.79. The van der Waals surface area contributed by atoms with Gasteiger partial charge in [-0.15, -0.1) is 0 Å². The third-order valence-corrected chi connectivity index (χ3v) is 6.71. The Balaban J connectivity index is 2.75. The molecule has 0 radical (unpaired) electrons. The molecule has 0 spiro atoms. The van der Waals surface area contributed by atoms with Gasteiger partial charge in [0.15, 0.2) is 13.9 Å². The summed E-state index contributed by atoms with van der Waals surface area (Å²) in [6.45, 7) is 11.1. The van der Waals surface area contributed by atoms with Crippen LogP contribution in [0.1, 0.15) is 33.6 Å². The Morgan fingerprint density at radius 3 is 2.10 bits per heavy atom. The molecule has 0 saturated heterocycles. The number of hydrogen-bond acceptors (Lipinski definition) is 2. The number of aliphatic imine (C=N–C) groups is 1. The van der Waals surface area contributed by atoms with E-state index < -0.39 is 30.9 Å². The Morgan fingerprint density at radius 1 is 1.19 bits per heavy atom. The third kappa shape index (κ3) is 1.90. The van der Waals surface area contributed by atoms with E-state index in [9.17, 15) is 13.2 Å². The fourth-order valence-corrected chi connectivity index (χ4v) is 5.95.